The molecule has 1 saturated carbocycles. The standard InChI is InChI=1S/C18H21N3O3/c22-18(13-6-7-15-16(12-13)24-11-3-10-23-15)20-17-8-9-19-21(17)14-4-1-2-5-14/h6-9,12,14H,1-5,10-11H2,(H,20,22). The minimum Gasteiger partial charge on any atom is -0.490 e. The summed E-state index contributed by atoms with van der Waals surface area (Å²) >= 11 is 0. The summed E-state index contributed by atoms with van der Waals surface area (Å²) in [6.07, 6.45) is 7.27. The number of fused-ring (bicyclic) bond motifs is 1. The number of carbonyl (C=O) groups is 1. The van der Waals surface area contributed by atoms with E-state index >= 15 is 0 Å². The van der Waals surface area contributed by atoms with E-state index in [1.54, 1.807) is 24.4 Å². The van der Waals surface area contributed by atoms with Crippen molar-refractivity contribution in [2.45, 2.75) is 38.1 Å². The van der Waals surface area contributed by atoms with Crippen LogP contribution in [0.2, 0.25) is 0 Å². The number of nitrogens with one attached hydrogen (secondary N) is 1. The van der Waals surface area contributed by atoms with Crippen LogP contribution in [-0.4, -0.2) is 28.9 Å². The zero-order valence-electron chi connectivity index (χ0n) is 13.5. The van der Waals surface area contributed by atoms with Crippen LogP contribution in [0.4, 0.5) is 5.82 Å². The number of hydrogen-bond acceptors (Lipinski definition) is 4. The number of hydrogen-bond donors (Lipinski definition) is 1. The molecule has 0 atom stereocenters. The molecule has 0 saturated heterocycles. The Hall–Kier alpha value is -2.50. The highest BCUT2D eigenvalue weighted by Gasteiger charge is 2.21. The summed E-state index contributed by atoms with van der Waals surface area (Å²) in [6.45, 7) is 1.24. The number of amides is 1. The first-order valence-electron chi connectivity index (χ1n) is 8.56. The van der Waals surface area contributed by atoms with E-state index in [1.165, 1.54) is 12.8 Å². The van der Waals surface area contributed by atoms with Gasteiger partial charge in [0.2, 0.25) is 0 Å². The van der Waals surface area contributed by atoms with E-state index in [0.717, 1.165) is 25.1 Å². The largest absolute Gasteiger partial charge is 0.490 e. The van der Waals surface area contributed by atoms with Crippen molar-refractivity contribution < 1.29 is 14.3 Å². The molecule has 6 nitrogen and oxygen atoms in total. The maximum atomic E-state index is 12.6. The molecule has 1 aromatic heterocycles. The molecule has 0 radical (unpaired) electrons. The average molecular weight is 327 g/mol. The van der Waals surface area contributed by atoms with Crippen molar-refractivity contribution in [2.24, 2.45) is 0 Å². The van der Waals surface area contributed by atoms with Crippen LogP contribution in [-0.2, 0) is 0 Å². The van der Waals surface area contributed by atoms with Gasteiger partial charge in [0, 0.05) is 18.1 Å². The molecule has 0 bridgehead atoms. The second-order valence-corrected chi connectivity index (χ2v) is 6.27. The predicted molar refractivity (Wildman–Crippen MR) is 89.7 cm³/mol. The first-order valence-corrected chi connectivity index (χ1v) is 8.56. The number of rotatable bonds is 3. The third kappa shape index (κ3) is 2.96. The van der Waals surface area contributed by atoms with Gasteiger partial charge in [-0.3, -0.25) is 4.79 Å². The Bertz CT molecular complexity index is 735. The first-order chi connectivity index (χ1) is 11.8. The molecule has 0 unspecified atom stereocenters. The zero-order valence-corrected chi connectivity index (χ0v) is 13.5. The molecule has 2 aromatic rings. The number of carbonyl (C=O) groups excluding carboxylic acids is 1. The van der Waals surface area contributed by atoms with Gasteiger partial charge in [-0.2, -0.15) is 5.10 Å². The van der Waals surface area contributed by atoms with Gasteiger partial charge in [-0.15, -0.1) is 0 Å². The summed E-state index contributed by atoms with van der Waals surface area (Å²) in [7, 11) is 0. The van der Waals surface area contributed by atoms with Crippen molar-refractivity contribution in [3.05, 3.63) is 36.0 Å². The minimum atomic E-state index is -0.162. The summed E-state index contributed by atoms with van der Waals surface area (Å²) < 4.78 is 13.2. The van der Waals surface area contributed by atoms with E-state index < -0.39 is 0 Å². The fraction of sp³-hybridized carbons (Fsp3) is 0.444. The van der Waals surface area contributed by atoms with Crippen molar-refractivity contribution in [2.75, 3.05) is 18.5 Å². The quantitative estimate of drug-likeness (QED) is 0.938. The van der Waals surface area contributed by atoms with E-state index in [-0.39, 0.29) is 5.91 Å². The van der Waals surface area contributed by atoms with Crippen LogP contribution in [0.3, 0.4) is 0 Å². The second kappa shape index (κ2) is 6.55. The van der Waals surface area contributed by atoms with Crippen LogP contribution >= 0.6 is 0 Å². The Balaban J connectivity index is 1.52. The third-order valence-corrected chi connectivity index (χ3v) is 4.59. The molecule has 1 aliphatic carbocycles. The molecule has 2 aliphatic rings. The number of ether oxygens (including phenoxy) is 2. The van der Waals surface area contributed by atoms with E-state index in [4.69, 9.17) is 9.47 Å². The highest BCUT2D eigenvalue weighted by molar-refractivity contribution is 6.04. The maximum Gasteiger partial charge on any atom is 0.256 e. The lowest BCUT2D eigenvalue weighted by Crippen LogP contribution is -2.17. The van der Waals surface area contributed by atoms with E-state index in [9.17, 15) is 4.79 Å². The highest BCUT2D eigenvalue weighted by atomic mass is 16.5. The Kier molecular flexibility index (Phi) is 4.11. The molecule has 6 heteroatoms. The van der Waals surface area contributed by atoms with Crippen molar-refractivity contribution in [1.82, 2.24) is 9.78 Å². The molecule has 4 rings (SSSR count). The molecular formula is C18H21N3O3. The molecular weight excluding hydrogens is 306 g/mol. The fourth-order valence-corrected chi connectivity index (χ4v) is 3.35. The Morgan fingerprint density at radius 3 is 2.71 bits per heavy atom. The lowest BCUT2D eigenvalue weighted by Gasteiger charge is -2.15. The first kappa shape index (κ1) is 15.1. The summed E-state index contributed by atoms with van der Waals surface area (Å²) in [5, 5.41) is 7.36. The molecule has 1 aliphatic heterocycles. The van der Waals surface area contributed by atoms with Gasteiger partial charge in [0.15, 0.2) is 11.5 Å². The fourth-order valence-electron chi connectivity index (χ4n) is 3.35. The maximum absolute atomic E-state index is 12.6. The molecule has 1 amide bonds. The van der Waals surface area contributed by atoms with E-state index in [1.807, 2.05) is 10.7 Å². The summed E-state index contributed by atoms with van der Waals surface area (Å²) in [5.41, 5.74) is 0.554. The lowest BCUT2D eigenvalue weighted by molar-refractivity contribution is 0.102. The second-order valence-electron chi connectivity index (χ2n) is 6.27. The predicted octanol–water partition coefficient (Wildman–Crippen LogP) is 3.41. The zero-order chi connectivity index (χ0) is 16.4. The van der Waals surface area contributed by atoms with Crippen molar-refractivity contribution in [3.8, 4) is 11.5 Å². The highest BCUT2D eigenvalue weighted by Crippen LogP contribution is 2.32. The van der Waals surface area contributed by atoms with E-state index in [0.29, 0.717) is 36.3 Å². The molecule has 2 heterocycles. The van der Waals surface area contributed by atoms with Gasteiger partial charge in [0.05, 0.1) is 25.5 Å². The Morgan fingerprint density at radius 2 is 1.88 bits per heavy atom. The normalized spacial score (nSPS) is 17.5. The summed E-state index contributed by atoms with van der Waals surface area (Å²) in [5.74, 6) is 1.91. The third-order valence-electron chi connectivity index (χ3n) is 4.59. The molecule has 1 aromatic carbocycles. The van der Waals surface area contributed by atoms with Crippen LogP contribution in [0.5, 0.6) is 11.5 Å². The van der Waals surface area contributed by atoms with Crippen LogP contribution in [0.25, 0.3) is 0 Å². The van der Waals surface area contributed by atoms with Gasteiger partial charge >= 0.3 is 0 Å². The van der Waals surface area contributed by atoms with Crippen LogP contribution in [0.15, 0.2) is 30.5 Å². The van der Waals surface area contributed by atoms with Gasteiger partial charge in [-0.25, -0.2) is 4.68 Å². The van der Waals surface area contributed by atoms with Gasteiger partial charge in [-0.05, 0) is 31.0 Å². The average Bonchev–Trinajstić information content (AvgIpc) is 3.21. The number of benzene rings is 1. The molecule has 0 spiro atoms. The minimum absolute atomic E-state index is 0.162. The van der Waals surface area contributed by atoms with Gasteiger partial charge in [0.25, 0.3) is 5.91 Å². The molecule has 126 valence electrons. The van der Waals surface area contributed by atoms with Gasteiger partial charge < -0.3 is 14.8 Å². The SMILES string of the molecule is O=C(Nc1ccnn1C1CCCC1)c1ccc2c(c1)OCCCO2. The van der Waals surface area contributed by atoms with Crippen molar-refractivity contribution in [1.29, 1.82) is 0 Å². The monoisotopic (exact) mass is 327 g/mol. The molecule has 1 N–H and O–H groups in total. The Morgan fingerprint density at radius 1 is 1.08 bits per heavy atom. The van der Waals surface area contributed by atoms with E-state index in [2.05, 4.69) is 10.4 Å². The summed E-state index contributed by atoms with van der Waals surface area (Å²) in [4.78, 5) is 12.6. The Labute approximate surface area is 140 Å². The van der Waals surface area contributed by atoms with Crippen LogP contribution in [0.1, 0.15) is 48.5 Å². The topological polar surface area (TPSA) is 65.4 Å². The number of nitrogens with zero attached hydrogens (tertiary/aromatic N) is 2. The van der Waals surface area contributed by atoms with Crippen LogP contribution in [0, 0.1) is 0 Å². The number of aromatic nitrogens is 2. The lowest BCUT2D eigenvalue weighted by atomic mass is 10.2. The smallest absolute Gasteiger partial charge is 0.256 e. The molecule has 24 heavy (non-hydrogen) atoms. The van der Waals surface area contributed by atoms with Crippen molar-refractivity contribution >= 4 is 11.7 Å². The molecule has 1 fully saturated rings. The van der Waals surface area contributed by atoms with Crippen LogP contribution < -0.4 is 14.8 Å². The van der Waals surface area contributed by atoms with Gasteiger partial charge in [0.1, 0.15) is 5.82 Å². The van der Waals surface area contributed by atoms with Gasteiger partial charge in [-0.1, -0.05) is 12.8 Å². The number of anilines is 1. The van der Waals surface area contributed by atoms with Crippen molar-refractivity contribution in [3.63, 3.8) is 0 Å². The summed E-state index contributed by atoms with van der Waals surface area (Å²) in [6, 6.07) is 7.54.